The minimum absolute atomic E-state index is 0.107. The lowest BCUT2D eigenvalue weighted by Gasteiger charge is -2.23. The summed E-state index contributed by atoms with van der Waals surface area (Å²) >= 11 is 0. The smallest absolute Gasteiger partial charge is 0.261 e. The zero-order chi connectivity index (χ0) is 22.5. The van der Waals surface area contributed by atoms with E-state index in [0.717, 1.165) is 33.2 Å². The van der Waals surface area contributed by atoms with E-state index in [0.29, 0.717) is 18.1 Å². The van der Waals surface area contributed by atoms with Crippen molar-refractivity contribution in [2.45, 2.75) is 59.1 Å². The minimum atomic E-state index is -0.549. The van der Waals surface area contributed by atoms with Crippen LogP contribution in [0.3, 0.4) is 0 Å². The van der Waals surface area contributed by atoms with Crippen LogP contribution >= 0.6 is 0 Å². The Kier molecular flexibility index (Phi) is 7.21. The van der Waals surface area contributed by atoms with Gasteiger partial charge in [-0.1, -0.05) is 51.1 Å². The SMILES string of the molecule is CC[C@@H](Oc1ccc2ccccc2c1)C(=O)N[C@H](C)c1cc(C(C)C)c(OC)cc1C. The van der Waals surface area contributed by atoms with Crippen LogP contribution in [0.5, 0.6) is 11.5 Å². The van der Waals surface area contributed by atoms with Gasteiger partial charge in [-0.2, -0.15) is 0 Å². The Hall–Kier alpha value is -3.01. The van der Waals surface area contributed by atoms with E-state index < -0.39 is 6.10 Å². The molecule has 0 aliphatic rings. The molecule has 0 bridgehead atoms. The fourth-order valence-electron chi connectivity index (χ4n) is 3.92. The van der Waals surface area contributed by atoms with Crippen LogP contribution in [0.1, 0.15) is 62.8 Å². The van der Waals surface area contributed by atoms with Crippen LogP contribution in [-0.4, -0.2) is 19.1 Å². The molecule has 164 valence electrons. The van der Waals surface area contributed by atoms with Gasteiger partial charge in [0.2, 0.25) is 0 Å². The third-order valence-corrected chi connectivity index (χ3v) is 5.73. The Balaban J connectivity index is 1.76. The van der Waals surface area contributed by atoms with Crippen molar-refractivity contribution in [3.63, 3.8) is 0 Å². The van der Waals surface area contributed by atoms with E-state index in [9.17, 15) is 4.79 Å². The lowest BCUT2D eigenvalue weighted by atomic mass is 9.93. The fourth-order valence-corrected chi connectivity index (χ4v) is 3.92. The lowest BCUT2D eigenvalue weighted by molar-refractivity contribution is -0.128. The van der Waals surface area contributed by atoms with Crippen molar-refractivity contribution in [3.05, 3.63) is 71.3 Å². The molecule has 2 atom stereocenters. The molecular weight excluding hydrogens is 386 g/mol. The number of rotatable bonds is 8. The first-order chi connectivity index (χ1) is 14.8. The molecule has 0 saturated carbocycles. The monoisotopic (exact) mass is 419 g/mol. The van der Waals surface area contributed by atoms with Crippen molar-refractivity contribution in [2.75, 3.05) is 7.11 Å². The third-order valence-electron chi connectivity index (χ3n) is 5.73. The zero-order valence-electron chi connectivity index (χ0n) is 19.4. The highest BCUT2D eigenvalue weighted by Gasteiger charge is 2.22. The number of benzene rings is 3. The molecule has 0 radical (unpaired) electrons. The minimum Gasteiger partial charge on any atom is -0.496 e. The number of ether oxygens (including phenoxy) is 2. The number of amides is 1. The summed E-state index contributed by atoms with van der Waals surface area (Å²) in [5, 5.41) is 5.39. The van der Waals surface area contributed by atoms with Gasteiger partial charge in [-0.3, -0.25) is 4.79 Å². The van der Waals surface area contributed by atoms with Crippen molar-refractivity contribution < 1.29 is 14.3 Å². The maximum Gasteiger partial charge on any atom is 0.261 e. The predicted molar refractivity (Wildman–Crippen MR) is 127 cm³/mol. The third kappa shape index (κ3) is 5.19. The van der Waals surface area contributed by atoms with Gasteiger partial charge in [0.15, 0.2) is 6.10 Å². The summed E-state index contributed by atoms with van der Waals surface area (Å²) in [6.07, 6.45) is 0.0382. The quantitative estimate of drug-likeness (QED) is 0.465. The van der Waals surface area contributed by atoms with Gasteiger partial charge in [0, 0.05) is 0 Å². The average molecular weight is 420 g/mol. The van der Waals surface area contributed by atoms with Crippen molar-refractivity contribution >= 4 is 16.7 Å². The van der Waals surface area contributed by atoms with E-state index in [1.165, 1.54) is 0 Å². The van der Waals surface area contributed by atoms with E-state index in [1.54, 1.807) is 7.11 Å². The Bertz CT molecular complexity index is 1060. The fraction of sp³-hybridized carbons (Fsp3) is 0.370. The second-order valence-corrected chi connectivity index (χ2v) is 8.36. The molecule has 0 aliphatic carbocycles. The zero-order valence-corrected chi connectivity index (χ0v) is 19.4. The highest BCUT2D eigenvalue weighted by molar-refractivity contribution is 5.84. The molecule has 1 N–H and O–H groups in total. The number of carbonyl (C=O) groups excluding carboxylic acids is 1. The van der Waals surface area contributed by atoms with Crippen molar-refractivity contribution in [1.29, 1.82) is 0 Å². The first kappa shape index (κ1) is 22.7. The Labute approximate surface area is 185 Å². The van der Waals surface area contributed by atoms with Crippen LogP contribution < -0.4 is 14.8 Å². The maximum absolute atomic E-state index is 13.0. The summed E-state index contributed by atoms with van der Waals surface area (Å²) < 4.78 is 11.6. The molecule has 0 saturated heterocycles. The molecule has 0 aromatic heterocycles. The normalized spacial score (nSPS) is 13.1. The Morgan fingerprint density at radius 3 is 2.32 bits per heavy atom. The Morgan fingerprint density at radius 2 is 1.68 bits per heavy atom. The molecule has 1 amide bonds. The van der Waals surface area contributed by atoms with Crippen LogP contribution in [0, 0.1) is 6.92 Å². The summed E-state index contributed by atoms with van der Waals surface area (Å²) in [4.78, 5) is 13.0. The second kappa shape index (κ2) is 9.86. The number of fused-ring (bicyclic) bond motifs is 1. The van der Waals surface area contributed by atoms with E-state index in [-0.39, 0.29) is 11.9 Å². The number of hydrogen-bond donors (Lipinski definition) is 1. The Morgan fingerprint density at radius 1 is 0.968 bits per heavy atom. The van der Waals surface area contributed by atoms with E-state index in [1.807, 2.05) is 57.2 Å². The maximum atomic E-state index is 13.0. The van der Waals surface area contributed by atoms with Gasteiger partial charge in [-0.05, 0) is 77.9 Å². The molecule has 0 unspecified atom stereocenters. The molecule has 0 heterocycles. The largest absolute Gasteiger partial charge is 0.496 e. The molecule has 0 spiro atoms. The molecule has 0 fully saturated rings. The molecular formula is C27H33NO3. The van der Waals surface area contributed by atoms with Crippen molar-refractivity contribution in [1.82, 2.24) is 5.32 Å². The molecule has 3 rings (SSSR count). The summed E-state index contributed by atoms with van der Waals surface area (Å²) in [7, 11) is 1.70. The molecule has 4 heteroatoms. The number of hydrogen-bond acceptors (Lipinski definition) is 3. The van der Waals surface area contributed by atoms with Gasteiger partial charge < -0.3 is 14.8 Å². The average Bonchev–Trinajstić information content (AvgIpc) is 2.76. The van der Waals surface area contributed by atoms with Crippen molar-refractivity contribution in [2.24, 2.45) is 0 Å². The van der Waals surface area contributed by atoms with Crippen LogP contribution in [0.25, 0.3) is 10.8 Å². The standard InChI is InChI=1S/C27H33NO3/c1-7-25(31-22-13-12-20-10-8-9-11-21(20)15-22)27(29)28-19(5)24-16-23(17(2)3)26(30-6)14-18(24)4/h8-17,19,25H,7H2,1-6H3,(H,28,29)/t19-,25-/m1/s1. The number of carbonyl (C=O) groups is 1. The van der Waals surface area contributed by atoms with Gasteiger partial charge in [-0.15, -0.1) is 0 Å². The first-order valence-corrected chi connectivity index (χ1v) is 11.0. The van der Waals surface area contributed by atoms with E-state index in [2.05, 4.69) is 37.4 Å². The number of aryl methyl sites for hydroxylation is 1. The first-order valence-electron chi connectivity index (χ1n) is 11.0. The van der Waals surface area contributed by atoms with Gasteiger partial charge >= 0.3 is 0 Å². The predicted octanol–water partition coefficient (Wildman–Crippen LogP) is 6.32. The number of methoxy groups -OCH3 is 1. The molecule has 3 aromatic carbocycles. The van der Waals surface area contributed by atoms with Gasteiger partial charge in [0.1, 0.15) is 11.5 Å². The summed E-state index contributed by atoms with van der Waals surface area (Å²) in [6.45, 7) is 10.3. The topological polar surface area (TPSA) is 47.6 Å². The van der Waals surface area contributed by atoms with Crippen LogP contribution in [0.4, 0.5) is 0 Å². The van der Waals surface area contributed by atoms with Crippen LogP contribution in [0.15, 0.2) is 54.6 Å². The highest BCUT2D eigenvalue weighted by Crippen LogP contribution is 2.32. The molecule has 4 nitrogen and oxygen atoms in total. The van der Waals surface area contributed by atoms with Gasteiger partial charge in [-0.25, -0.2) is 0 Å². The van der Waals surface area contributed by atoms with Crippen LogP contribution in [-0.2, 0) is 4.79 Å². The van der Waals surface area contributed by atoms with Crippen molar-refractivity contribution in [3.8, 4) is 11.5 Å². The van der Waals surface area contributed by atoms with E-state index >= 15 is 0 Å². The van der Waals surface area contributed by atoms with Crippen LogP contribution in [0.2, 0.25) is 0 Å². The lowest BCUT2D eigenvalue weighted by Crippen LogP contribution is -2.39. The molecule has 31 heavy (non-hydrogen) atoms. The second-order valence-electron chi connectivity index (χ2n) is 8.36. The van der Waals surface area contributed by atoms with Gasteiger partial charge in [0.25, 0.3) is 5.91 Å². The van der Waals surface area contributed by atoms with E-state index in [4.69, 9.17) is 9.47 Å². The summed E-state index contributed by atoms with van der Waals surface area (Å²) in [5.41, 5.74) is 3.33. The summed E-state index contributed by atoms with van der Waals surface area (Å²) in [6, 6.07) is 18.1. The number of nitrogens with one attached hydrogen (secondary N) is 1. The summed E-state index contributed by atoms with van der Waals surface area (Å²) in [5.74, 6) is 1.82. The molecule has 0 aliphatic heterocycles. The van der Waals surface area contributed by atoms with Gasteiger partial charge in [0.05, 0.1) is 13.2 Å². The molecule has 3 aromatic rings. The highest BCUT2D eigenvalue weighted by atomic mass is 16.5.